The van der Waals surface area contributed by atoms with Crippen LogP contribution in [-0.4, -0.2) is 28.3 Å². The minimum atomic E-state index is 0.609. The molecule has 0 amide bonds. The van der Waals surface area contributed by atoms with Gasteiger partial charge in [0.15, 0.2) is 5.96 Å². The first-order valence-electron chi connectivity index (χ1n) is 7.49. The van der Waals surface area contributed by atoms with Gasteiger partial charge in [-0.3, -0.25) is 0 Å². The van der Waals surface area contributed by atoms with Crippen LogP contribution in [0.1, 0.15) is 25.3 Å². The predicted octanol–water partition coefficient (Wildman–Crippen LogP) is 2.09. The monoisotopic (exact) mass is 283 g/mol. The van der Waals surface area contributed by atoms with Crippen LogP contribution in [0.5, 0.6) is 0 Å². The maximum Gasteiger partial charge on any atom is 0.191 e. The molecular weight excluding hydrogens is 262 g/mol. The van der Waals surface area contributed by atoms with Gasteiger partial charge in [0.05, 0.1) is 12.2 Å². The second-order valence-corrected chi connectivity index (χ2v) is 5.23. The molecule has 0 atom stereocenters. The van der Waals surface area contributed by atoms with Gasteiger partial charge < -0.3 is 10.6 Å². The summed E-state index contributed by atoms with van der Waals surface area (Å²) in [4.78, 5) is 4.65. The van der Waals surface area contributed by atoms with Crippen molar-refractivity contribution in [2.75, 3.05) is 6.54 Å². The Bertz CT molecular complexity index is 599. The molecule has 1 saturated carbocycles. The number of nitrogens with one attached hydrogen (secondary N) is 2. The van der Waals surface area contributed by atoms with Crippen LogP contribution in [0.2, 0.25) is 0 Å². The van der Waals surface area contributed by atoms with E-state index in [4.69, 9.17) is 0 Å². The molecule has 1 fully saturated rings. The summed E-state index contributed by atoms with van der Waals surface area (Å²) in [6, 6.07) is 10.8. The van der Waals surface area contributed by atoms with Crippen molar-refractivity contribution >= 4 is 5.96 Å². The number of aliphatic imine (C=N–C) groups is 1. The Morgan fingerprint density at radius 3 is 3.00 bits per heavy atom. The van der Waals surface area contributed by atoms with E-state index < -0.39 is 0 Å². The smallest absolute Gasteiger partial charge is 0.191 e. The second-order valence-electron chi connectivity index (χ2n) is 5.23. The minimum absolute atomic E-state index is 0.609. The average Bonchev–Trinajstić information content (AvgIpc) is 3.15. The van der Waals surface area contributed by atoms with Gasteiger partial charge >= 0.3 is 0 Å². The Morgan fingerprint density at radius 1 is 1.38 bits per heavy atom. The topological polar surface area (TPSA) is 54.2 Å². The highest BCUT2D eigenvalue weighted by Gasteiger charge is 2.21. The number of benzene rings is 1. The lowest BCUT2D eigenvalue weighted by Gasteiger charge is -2.10. The zero-order valence-corrected chi connectivity index (χ0v) is 12.3. The second kappa shape index (κ2) is 6.43. The molecule has 21 heavy (non-hydrogen) atoms. The van der Waals surface area contributed by atoms with Crippen LogP contribution in [0, 0.1) is 0 Å². The first kappa shape index (κ1) is 13.7. The van der Waals surface area contributed by atoms with Crippen molar-refractivity contribution in [2.24, 2.45) is 4.99 Å². The Labute approximate surface area is 125 Å². The van der Waals surface area contributed by atoms with E-state index in [2.05, 4.69) is 39.8 Å². The quantitative estimate of drug-likeness (QED) is 0.652. The lowest BCUT2D eigenvalue weighted by atomic mass is 10.2. The molecule has 0 radical (unpaired) electrons. The van der Waals surface area contributed by atoms with Crippen LogP contribution in [0.15, 0.2) is 47.7 Å². The number of guanidine groups is 1. The van der Waals surface area contributed by atoms with Gasteiger partial charge in [0.25, 0.3) is 0 Å². The summed E-state index contributed by atoms with van der Waals surface area (Å²) in [6.45, 7) is 3.63. The molecule has 1 aromatic heterocycles. The van der Waals surface area contributed by atoms with Crippen LogP contribution in [0.25, 0.3) is 5.69 Å². The van der Waals surface area contributed by atoms with Crippen molar-refractivity contribution in [3.63, 3.8) is 0 Å². The van der Waals surface area contributed by atoms with E-state index in [-0.39, 0.29) is 0 Å². The third kappa shape index (κ3) is 3.84. The Kier molecular flexibility index (Phi) is 4.19. The molecule has 2 N–H and O–H groups in total. The van der Waals surface area contributed by atoms with E-state index in [9.17, 15) is 0 Å². The fourth-order valence-corrected chi connectivity index (χ4v) is 2.13. The van der Waals surface area contributed by atoms with Crippen molar-refractivity contribution in [3.8, 4) is 5.69 Å². The molecule has 0 spiro atoms. The van der Waals surface area contributed by atoms with Crippen LogP contribution in [0.3, 0.4) is 0 Å². The van der Waals surface area contributed by atoms with E-state index >= 15 is 0 Å². The summed E-state index contributed by atoms with van der Waals surface area (Å²) >= 11 is 0. The van der Waals surface area contributed by atoms with Gasteiger partial charge in [-0.2, -0.15) is 5.10 Å². The highest BCUT2D eigenvalue weighted by Crippen LogP contribution is 2.18. The summed E-state index contributed by atoms with van der Waals surface area (Å²) in [6.07, 6.45) is 6.23. The summed E-state index contributed by atoms with van der Waals surface area (Å²) in [5.41, 5.74) is 2.24. The average molecular weight is 283 g/mol. The van der Waals surface area contributed by atoms with Gasteiger partial charge in [-0.05, 0) is 43.5 Å². The highest BCUT2D eigenvalue weighted by atomic mass is 15.3. The SMILES string of the molecule is CCNC(=NCc1cccc(-n2cccn2)c1)NC1CC1. The molecule has 3 rings (SSSR count). The van der Waals surface area contributed by atoms with Crippen molar-refractivity contribution in [2.45, 2.75) is 32.4 Å². The van der Waals surface area contributed by atoms with Crippen molar-refractivity contribution in [1.82, 2.24) is 20.4 Å². The first-order valence-corrected chi connectivity index (χ1v) is 7.49. The molecule has 0 aliphatic heterocycles. The highest BCUT2D eigenvalue weighted by molar-refractivity contribution is 5.80. The molecule has 2 aromatic rings. The fraction of sp³-hybridized carbons (Fsp3) is 0.375. The van der Waals surface area contributed by atoms with E-state index in [0.29, 0.717) is 12.6 Å². The van der Waals surface area contributed by atoms with Crippen molar-refractivity contribution in [1.29, 1.82) is 0 Å². The molecule has 0 saturated heterocycles. The van der Waals surface area contributed by atoms with E-state index in [1.54, 1.807) is 6.20 Å². The van der Waals surface area contributed by atoms with Gasteiger partial charge in [-0.25, -0.2) is 9.67 Å². The van der Waals surface area contributed by atoms with E-state index in [1.807, 2.05) is 29.1 Å². The normalized spacial score (nSPS) is 15.0. The predicted molar refractivity (Wildman–Crippen MR) is 84.5 cm³/mol. The molecule has 1 aliphatic rings. The van der Waals surface area contributed by atoms with E-state index in [0.717, 1.165) is 18.2 Å². The number of hydrogen-bond donors (Lipinski definition) is 2. The molecule has 5 nitrogen and oxygen atoms in total. The van der Waals surface area contributed by atoms with Crippen LogP contribution >= 0.6 is 0 Å². The molecule has 1 aromatic carbocycles. The van der Waals surface area contributed by atoms with Gasteiger partial charge in [0.1, 0.15) is 0 Å². The molecule has 1 aliphatic carbocycles. The van der Waals surface area contributed by atoms with Crippen LogP contribution in [0.4, 0.5) is 0 Å². The van der Waals surface area contributed by atoms with Gasteiger partial charge in [-0.1, -0.05) is 12.1 Å². The zero-order chi connectivity index (χ0) is 14.5. The third-order valence-electron chi connectivity index (χ3n) is 3.36. The third-order valence-corrected chi connectivity index (χ3v) is 3.36. The minimum Gasteiger partial charge on any atom is -0.357 e. The van der Waals surface area contributed by atoms with E-state index in [1.165, 1.54) is 18.4 Å². The molecule has 110 valence electrons. The largest absolute Gasteiger partial charge is 0.357 e. The number of nitrogens with zero attached hydrogens (tertiary/aromatic N) is 3. The zero-order valence-electron chi connectivity index (χ0n) is 12.3. The van der Waals surface area contributed by atoms with Gasteiger partial charge in [-0.15, -0.1) is 0 Å². The summed E-state index contributed by atoms with van der Waals surface area (Å²) in [7, 11) is 0. The van der Waals surface area contributed by atoms with Gasteiger partial charge in [0, 0.05) is 25.0 Å². The lowest BCUT2D eigenvalue weighted by Crippen LogP contribution is -2.38. The summed E-state index contributed by atoms with van der Waals surface area (Å²) in [5, 5.41) is 11.0. The molecule has 0 unspecified atom stereocenters. The van der Waals surface area contributed by atoms with Crippen molar-refractivity contribution in [3.05, 3.63) is 48.3 Å². The maximum atomic E-state index is 4.65. The lowest BCUT2D eigenvalue weighted by molar-refractivity contribution is 0.811. The Balaban J connectivity index is 1.69. The van der Waals surface area contributed by atoms with Crippen LogP contribution < -0.4 is 10.6 Å². The van der Waals surface area contributed by atoms with Gasteiger partial charge in [0.2, 0.25) is 0 Å². The summed E-state index contributed by atoms with van der Waals surface area (Å²) in [5.74, 6) is 0.907. The standard InChI is InChI=1S/C16H21N5/c1-2-17-16(20-14-7-8-14)18-12-13-5-3-6-15(11-13)21-10-4-9-19-21/h3-6,9-11,14H,2,7-8,12H2,1H3,(H2,17,18,20). The molecule has 5 heteroatoms. The van der Waals surface area contributed by atoms with Crippen LogP contribution in [-0.2, 0) is 6.54 Å². The Morgan fingerprint density at radius 2 is 2.29 bits per heavy atom. The number of rotatable bonds is 5. The first-order chi connectivity index (χ1) is 10.3. The molecule has 0 bridgehead atoms. The molecular formula is C16H21N5. The Hall–Kier alpha value is -2.30. The van der Waals surface area contributed by atoms with Crippen molar-refractivity contribution < 1.29 is 0 Å². The number of aromatic nitrogens is 2. The molecule has 1 heterocycles. The maximum absolute atomic E-state index is 4.65. The number of hydrogen-bond acceptors (Lipinski definition) is 2. The summed E-state index contributed by atoms with van der Waals surface area (Å²) < 4.78 is 1.86. The fourth-order valence-electron chi connectivity index (χ4n) is 2.13.